The first-order valence-electron chi connectivity index (χ1n) is 6.53. The summed E-state index contributed by atoms with van der Waals surface area (Å²) in [5.74, 6) is -2.58. The molecule has 0 aliphatic carbocycles. The number of carbonyl (C=O) groups is 2. The van der Waals surface area contributed by atoms with Crippen molar-refractivity contribution >= 4 is 11.8 Å². The predicted octanol–water partition coefficient (Wildman–Crippen LogP) is 1.24. The smallest absolute Gasteiger partial charge is 0.254 e. The van der Waals surface area contributed by atoms with E-state index < -0.39 is 17.5 Å². The Hall–Kier alpha value is -2.02. The molecule has 116 valence electrons. The number of carbonyl (C=O) groups excluding carboxylic acids is 2. The molecule has 21 heavy (non-hydrogen) atoms. The Morgan fingerprint density at radius 1 is 1.19 bits per heavy atom. The summed E-state index contributed by atoms with van der Waals surface area (Å²) in [5, 5.41) is 5.06. The van der Waals surface area contributed by atoms with Crippen LogP contribution in [0.4, 0.5) is 8.78 Å². The molecule has 1 rings (SSSR count). The Morgan fingerprint density at radius 3 is 2.62 bits per heavy atom. The summed E-state index contributed by atoms with van der Waals surface area (Å²) in [6.07, 6.45) is 0.789. The van der Waals surface area contributed by atoms with Crippen LogP contribution in [0.5, 0.6) is 0 Å². The van der Waals surface area contributed by atoms with Crippen LogP contribution < -0.4 is 10.6 Å². The summed E-state index contributed by atoms with van der Waals surface area (Å²) in [7, 11) is 1.58. The van der Waals surface area contributed by atoms with Crippen molar-refractivity contribution in [2.24, 2.45) is 0 Å². The van der Waals surface area contributed by atoms with Gasteiger partial charge in [-0.05, 0) is 18.6 Å². The van der Waals surface area contributed by atoms with Gasteiger partial charge in [-0.25, -0.2) is 8.78 Å². The number of rotatable bonds is 8. The third-order valence-corrected chi connectivity index (χ3v) is 2.66. The fraction of sp³-hybridized carbons (Fsp3) is 0.429. The lowest BCUT2D eigenvalue weighted by Gasteiger charge is -2.07. The van der Waals surface area contributed by atoms with Crippen molar-refractivity contribution in [2.75, 3.05) is 26.8 Å². The third-order valence-electron chi connectivity index (χ3n) is 2.66. The van der Waals surface area contributed by atoms with Crippen molar-refractivity contribution in [1.82, 2.24) is 10.6 Å². The molecule has 0 aromatic heterocycles. The number of hydrogen-bond donors (Lipinski definition) is 2. The maximum Gasteiger partial charge on any atom is 0.254 e. The maximum atomic E-state index is 13.3. The first-order chi connectivity index (χ1) is 10.0. The second-order valence-electron chi connectivity index (χ2n) is 4.33. The van der Waals surface area contributed by atoms with Crippen molar-refractivity contribution in [2.45, 2.75) is 12.8 Å². The third kappa shape index (κ3) is 6.31. The molecule has 0 atom stereocenters. The standard InChI is InChI=1S/C14H18F2N2O3/c1-21-8-2-6-17-13(19)5-7-18-14(20)11-4-3-10(15)9-12(11)16/h3-4,9H,2,5-8H2,1H3,(H,17,19)(H,18,20). The minimum Gasteiger partial charge on any atom is -0.385 e. The van der Waals surface area contributed by atoms with Crippen LogP contribution in [0.3, 0.4) is 0 Å². The summed E-state index contributed by atoms with van der Waals surface area (Å²) in [5.41, 5.74) is -0.253. The average molecular weight is 300 g/mol. The highest BCUT2D eigenvalue weighted by Gasteiger charge is 2.12. The molecule has 0 aliphatic heterocycles. The van der Waals surface area contributed by atoms with Gasteiger partial charge in [-0.2, -0.15) is 0 Å². The number of ether oxygens (including phenoxy) is 1. The van der Waals surface area contributed by atoms with Gasteiger partial charge in [0, 0.05) is 39.3 Å². The highest BCUT2D eigenvalue weighted by molar-refractivity contribution is 5.94. The van der Waals surface area contributed by atoms with Crippen LogP contribution in [0.2, 0.25) is 0 Å². The molecule has 0 fully saturated rings. The van der Waals surface area contributed by atoms with Crippen LogP contribution in [0.25, 0.3) is 0 Å². The number of halogens is 2. The van der Waals surface area contributed by atoms with E-state index in [2.05, 4.69) is 10.6 Å². The molecular formula is C14H18F2N2O3. The first-order valence-corrected chi connectivity index (χ1v) is 6.53. The van der Waals surface area contributed by atoms with E-state index in [9.17, 15) is 18.4 Å². The molecule has 0 saturated carbocycles. The maximum absolute atomic E-state index is 13.3. The minimum absolute atomic E-state index is 0.0752. The van der Waals surface area contributed by atoms with Crippen LogP contribution >= 0.6 is 0 Å². The Labute approximate surface area is 121 Å². The molecule has 1 aromatic rings. The Bertz CT molecular complexity index is 495. The minimum atomic E-state index is -0.934. The number of hydrogen-bond acceptors (Lipinski definition) is 3. The van der Waals surface area contributed by atoms with Gasteiger partial charge in [0.1, 0.15) is 11.6 Å². The van der Waals surface area contributed by atoms with Gasteiger partial charge in [0.25, 0.3) is 5.91 Å². The molecular weight excluding hydrogens is 282 g/mol. The van der Waals surface area contributed by atoms with Crippen LogP contribution in [-0.2, 0) is 9.53 Å². The van der Waals surface area contributed by atoms with Gasteiger partial charge < -0.3 is 15.4 Å². The Kier molecular flexibility index (Phi) is 7.31. The van der Waals surface area contributed by atoms with Crippen molar-refractivity contribution in [3.63, 3.8) is 0 Å². The lowest BCUT2D eigenvalue weighted by Crippen LogP contribution is -2.31. The molecule has 0 bridgehead atoms. The van der Waals surface area contributed by atoms with E-state index in [1.165, 1.54) is 0 Å². The zero-order chi connectivity index (χ0) is 15.7. The van der Waals surface area contributed by atoms with Crippen molar-refractivity contribution < 1.29 is 23.1 Å². The molecule has 2 N–H and O–H groups in total. The number of amides is 2. The zero-order valence-electron chi connectivity index (χ0n) is 11.7. The van der Waals surface area contributed by atoms with Crippen molar-refractivity contribution in [3.8, 4) is 0 Å². The average Bonchev–Trinajstić information content (AvgIpc) is 2.43. The molecule has 1 aromatic carbocycles. The van der Waals surface area contributed by atoms with Gasteiger partial charge in [-0.3, -0.25) is 9.59 Å². The molecule has 0 saturated heterocycles. The van der Waals surface area contributed by atoms with Crippen LogP contribution in [-0.4, -0.2) is 38.6 Å². The molecule has 0 unspecified atom stereocenters. The van der Waals surface area contributed by atoms with E-state index in [0.29, 0.717) is 25.6 Å². The lowest BCUT2D eigenvalue weighted by molar-refractivity contribution is -0.120. The summed E-state index contributed by atoms with van der Waals surface area (Å²) in [6.45, 7) is 1.12. The van der Waals surface area contributed by atoms with Gasteiger partial charge in [0.2, 0.25) is 5.91 Å². The fourth-order valence-corrected chi connectivity index (χ4v) is 1.59. The largest absolute Gasteiger partial charge is 0.385 e. The van der Waals surface area contributed by atoms with E-state index in [1.807, 2.05) is 0 Å². The van der Waals surface area contributed by atoms with E-state index >= 15 is 0 Å². The Balaban J connectivity index is 2.28. The molecule has 0 aliphatic rings. The SMILES string of the molecule is COCCCNC(=O)CCNC(=O)c1ccc(F)cc1F. The topological polar surface area (TPSA) is 67.4 Å². The van der Waals surface area contributed by atoms with Gasteiger partial charge in [0.05, 0.1) is 5.56 Å². The summed E-state index contributed by atoms with van der Waals surface area (Å²) in [6, 6.07) is 2.70. The predicted molar refractivity (Wildman–Crippen MR) is 72.8 cm³/mol. The van der Waals surface area contributed by atoms with E-state index in [4.69, 9.17) is 4.74 Å². The lowest BCUT2D eigenvalue weighted by atomic mass is 10.2. The first kappa shape index (κ1) is 17.0. The van der Waals surface area contributed by atoms with Crippen LogP contribution in [0, 0.1) is 11.6 Å². The van der Waals surface area contributed by atoms with Gasteiger partial charge in [0.15, 0.2) is 0 Å². The molecule has 5 nitrogen and oxygen atoms in total. The second kappa shape index (κ2) is 9.02. The van der Waals surface area contributed by atoms with Gasteiger partial charge in [-0.15, -0.1) is 0 Å². The molecule has 0 spiro atoms. The fourth-order valence-electron chi connectivity index (χ4n) is 1.59. The zero-order valence-corrected chi connectivity index (χ0v) is 11.7. The molecule has 0 radical (unpaired) electrons. The summed E-state index contributed by atoms with van der Waals surface area (Å²) >= 11 is 0. The number of nitrogens with one attached hydrogen (secondary N) is 2. The molecule has 2 amide bonds. The van der Waals surface area contributed by atoms with E-state index in [-0.39, 0.29) is 24.4 Å². The number of methoxy groups -OCH3 is 1. The molecule has 0 heterocycles. The highest BCUT2D eigenvalue weighted by Crippen LogP contribution is 2.09. The van der Waals surface area contributed by atoms with E-state index in [0.717, 1.165) is 12.1 Å². The summed E-state index contributed by atoms with van der Waals surface area (Å²) < 4.78 is 30.9. The van der Waals surface area contributed by atoms with Gasteiger partial charge in [-0.1, -0.05) is 0 Å². The van der Waals surface area contributed by atoms with Crippen molar-refractivity contribution in [1.29, 1.82) is 0 Å². The van der Waals surface area contributed by atoms with Gasteiger partial charge >= 0.3 is 0 Å². The Morgan fingerprint density at radius 2 is 1.95 bits per heavy atom. The second-order valence-corrected chi connectivity index (χ2v) is 4.33. The van der Waals surface area contributed by atoms with Crippen molar-refractivity contribution in [3.05, 3.63) is 35.4 Å². The number of benzene rings is 1. The van der Waals surface area contributed by atoms with Crippen LogP contribution in [0.1, 0.15) is 23.2 Å². The quantitative estimate of drug-likeness (QED) is 0.710. The van der Waals surface area contributed by atoms with E-state index in [1.54, 1.807) is 7.11 Å². The summed E-state index contributed by atoms with van der Waals surface area (Å²) in [4.78, 5) is 23.0. The normalized spacial score (nSPS) is 10.2. The molecule has 7 heteroatoms. The van der Waals surface area contributed by atoms with Crippen LogP contribution in [0.15, 0.2) is 18.2 Å². The monoisotopic (exact) mass is 300 g/mol. The highest BCUT2D eigenvalue weighted by atomic mass is 19.1.